The summed E-state index contributed by atoms with van der Waals surface area (Å²) in [6, 6.07) is 13.9. The third-order valence-corrected chi connectivity index (χ3v) is 5.74. The maximum absolute atomic E-state index is 13.5. The van der Waals surface area contributed by atoms with E-state index in [0.717, 1.165) is 36.3 Å². The summed E-state index contributed by atoms with van der Waals surface area (Å²) in [5, 5.41) is 0. The predicted molar refractivity (Wildman–Crippen MR) is 137 cm³/mol. The van der Waals surface area contributed by atoms with E-state index >= 15 is 0 Å². The number of likely N-dealkylation sites (tertiary alicyclic amines) is 1. The SMILES string of the molecule is CC.COc1cc(C(=O)N(CCN2CCCC2)C/C(C)=C/c2ccccc2)cc(C)c1OC. The molecule has 0 bridgehead atoms. The molecule has 2 aromatic rings. The van der Waals surface area contributed by atoms with Gasteiger partial charge in [0.2, 0.25) is 0 Å². The number of benzene rings is 2. The second-order valence-corrected chi connectivity index (χ2v) is 8.21. The monoisotopic (exact) mass is 452 g/mol. The molecule has 0 N–H and O–H groups in total. The van der Waals surface area contributed by atoms with Gasteiger partial charge < -0.3 is 19.3 Å². The first kappa shape index (κ1) is 26.5. The molecule has 0 atom stereocenters. The molecule has 0 saturated carbocycles. The molecule has 5 heteroatoms. The number of methoxy groups -OCH3 is 2. The number of carbonyl (C=O) groups excluding carboxylic acids is 1. The summed E-state index contributed by atoms with van der Waals surface area (Å²) < 4.78 is 10.9. The zero-order chi connectivity index (χ0) is 24.2. The Labute approximate surface area is 200 Å². The van der Waals surface area contributed by atoms with Crippen molar-refractivity contribution in [2.45, 2.75) is 40.5 Å². The molecule has 0 spiro atoms. The van der Waals surface area contributed by atoms with Gasteiger partial charge in [-0.25, -0.2) is 0 Å². The fourth-order valence-electron chi connectivity index (χ4n) is 4.16. The predicted octanol–water partition coefficient (Wildman–Crippen LogP) is 5.68. The molecule has 0 aromatic heterocycles. The summed E-state index contributed by atoms with van der Waals surface area (Å²) in [5.41, 5.74) is 3.82. The third-order valence-electron chi connectivity index (χ3n) is 5.74. The highest BCUT2D eigenvalue weighted by atomic mass is 16.5. The van der Waals surface area contributed by atoms with Gasteiger partial charge in [-0.15, -0.1) is 0 Å². The Bertz CT molecular complexity index is 903. The molecular formula is C28H40N2O3. The van der Waals surface area contributed by atoms with Crippen molar-refractivity contribution in [1.29, 1.82) is 0 Å². The normalized spacial score (nSPS) is 13.8. The Balaban J connectivity index is 0.00000187. The van der Waals surface area contributed by atoms with Gasteiger partial charge in [0, 0.05) is 25.2 Å². The highest BCUT2D eigenvalue weighted by Crippen LogP contribution is 2.32. The quantitative estimate of drug-likeness (QED) is 0.491. The summed E-state index contributed by atoms with van der Waals surface area (Å²) in [5.74, 6) is 1.27. The van der Waals surface area contributed by atoms with Crippen LogP contribution in [0, 0.1) is 6.92 Å². The van der Waals surface area contributed by atoms with Crippen molar-refractivity contribution in [2.24, 2.45) is 0 Å². The van der Waals surface area contributed by atoms with Gasteiger partial charge in [0.25, 0.3) is 5.91 Å². The Morgan fingerprint density at radius 3 is 2.33 bits per heavy atom. The maximum atomic E-state index is 13.5. The van der Waals surface area contributed by atoms with Crippen LogP contribution in [0.25, 0.3) is 6.08 Å². The number of carbonyl (C=O) groups is 1. The number of rotatable bonds is 9. The van der Waals surface area contributed by atoms with Crippen LogP contribution in [0.15, 0.2) is 48.0 Å². The highest BCUT2D eigenvalue weighted by Gasteiger charge is 2.21. The topological polar surface area (TPSA) is 42.0 Å². The van der Waals surface area contributed by atoms with Crippen molar-refractivity contribution < 1.29 is 14.3 Å². The van der Waals surface area contributed by atoms with Gasteiger partial charge in [-0.1, -0.05) is 55.8 Å². The van der Waals surface area contributed by atoms with E-state index in [9.17, 15) is 4.79 Å². The Morgan fingerprint density at radius 2 is 1.73 bits per heavy atom. The van der Waals surface area contributed by atoms with Crippen LogP contribution in [-0.4, -0.2) is 62.7 Å². The molecule has 1 aliphatic heterocycles. The molecule has 1 fully saturated rings. The van der Waals surface area contributed by atoms with Crippen molar-refractivity contribution in [1.82, 2.24) is 9.80 Å². The Hall–Kier alpha value is -2.79. The average molecular weight is 453 g/mol. The summed E-state index contributed by atoms with van der Waals surface area (Å²) in [6.07, 6.45) is 4.64. The number of aryl methyl sites for hydroxylation is 1. The molecule has 3 rings (SSSR count). The number of hydrogen-bond donors (Lipinski definition) is 0. The first-order valence-corrected chi connectivity index (χ1v) is 12.0. The molecule has 0 aliphatic carbocycles. The van der Waals surface area contributed by atoms with E-state index in [0.29, 0.717) is 30.2 Å². The fraction of sp³-hybridized carbons (Fsp3) is 0.464. The van der Waals surface area contributed by atoms with Crippen LogP contribution in [0.4, 0.5) is 0 Å². The van der Waals surface area contributed by atoms with Crippen LogP contribution in [0.5, 0.6) is 11.5 Å². The number of nitrogens with zero attached hydrogens (tertiary/aromatic N) is 2. The highest BCUT2D eigenvalue weighted by molar-refractivity contribution is 5.95. The summed E-state index contributed by atoms with van der Waals surface area (Å²) in [4.78, 5) is 17.9. The van der Waals surface area contributed by atoms with E-state index in [1.54, 1.807) is 20.3 Å². The lowest BCUT2D eigenvalue weighted by Gasteiger charge is -2.26. The first-order chi connectivity index (χ1) is 16.0. The molecule has 1 saturated heterocycles. The molecule has 0 radical (unpaired) electrons. The van der Waals surface area contributed by atoms with Crippen molar-refractivity contribution in [2.75, 3.05) is 46.9 Å². The minimum Gasteiger partial charge on any atom is -0.493 e. The summed E-state index contributed by atoms with van der Waals surface area (Å²) in [6.45, 7) is 12.5. The van der Waals surface area contributed by atoms with Gasteiger partial charge in [-0.3, -0.25) is 4.79 Å². The van der Waals surface area contributed by atoms with Crippen LogP contribution in [0.1, 0.15) is 55.1 Å². The van der Waals surface area contributed by atoms with E-state index in [1.807, 2.05) is 49.9 Å². The maximum Gasteiger partial charge on any atom is 0.254 e. The third kappa shape index (κ3) is 7.64. The summed E-state index contributed by atoms with van der Waals surface area (Å²) >= 11 is 0. The minimum absolute atomic E-state index is 0.0176. The van der Waals surface area contributed by atoms with Crippen LogP contribution < -0.4 is 9.47 Å². The molecule has 1 aliphatic rings. The molecule has 33 heavy (non-hydrogen) atoms. The van der Waals surface area contributed by atoms with Crippen LogP contribution >= 0.6 is 0 Å². The van der Waals surface area contributed by atoms with Crippen molar-refractivity contribution >= 4 is 12.0 Å². The lowest BCUT2D eigenvalue weighted by Crippen LogP contribution is -2.39. The van der Waals surface area contributed by atoms with E-state index in [4.69, 9.17) is 9.47 Å². The van der Waals surface area contributed by atoms with Gasteiger partial charge in [-0.2, -0.15) is 0 Å². The molecule has 0 unspecified atom stereocenters. The first-order valence-electron chi connectivity index (χ1n) is 12.0. The molecule has 1 heterocycles. The molecular weight excluding hydrogens is 412 g/mol. The lowest BCUT2D eigenvalue weighted by molar-refractivity contribution is 0.0755. The van der Waals surface area contributed by atoms with Gasteiger partial charge in [0.05, 0.1) is 14.2 Å². The van der Waals surface area contributed by atoms with Crippen molar-refractivity contribution in [3.63, 3.8) is 0 Å². The number of hydrogen-bond acceptors (Lipinski definition) is 4. The van der Waals surface area contributed by atoms with Crippen LogP contribution in [0.3, 0.4) is 0 Å². The number of amides is 1. The molecule has 1 amide bonds. The standard InChI is InChI=1S/C26H34N2O3.C2H6/c1-20(16-22-10-6-5-7-11-22)19-28(15-14-27-12-8-9-13-27)26(29)23-17-21(2)25(31-4)24(18-23)30-3;1-2/h5-7,10-11,16-18H,8-9,12-15,19H2,1-4H3;1-2H3/b20-16+;. The van der Waals surface area contributed by atoms with Crippen molar-refractivity contribution in [3.8, 4) is 11.5 Å². The second kappa shape index (κ2) is 13.7. The van der Waals surface area contributed by atoms with E-state index < -0.39 is 0 Å². The van der Waals surface area contributed by atoms with E-state index in [2.05, 4.69) is 30.0 Å². The smallest absolute Gasteiger partial charge is 0.254 e. The minimum atomic E-state index is 0.0176. The van der Waals surface area contributed by atoms with Crippen LogP contribution in [-0.2, 0) is 0 Å². The largest absolute Gasteiger partial charge is 0.493 e. The van der Waals surface area contributed by atoms with Crippen molar-refractivity contribution in [3.05, 3.63) is 64.7 Å². The Morgan fingerprint density at radius 1 is 1.06 bits per heavy atom. The zero-order valence-electron chi connectivity index (χ0n) is 21.2. The lowest BCUT2D eigenvalue weighted by atomic mass is 10.1. The van der Waals surface area contributed by atoms with Gasteiger partial charge in [0.15, 0.2) is 11.5 Å². The molecule has 180 valence electrons. The molecule has 5 nitrogen and oxygen atoms in total. The molecule has 2 aromatic carbocycles. The zero-order valence-corrected chi connectivity index (χ0v) is 21.2. The van der Waals surface area contributed by atoms with E-state index in [1.165, 1.54) is 12.8 Å². The second-order valence-electron chi connectivity index (χ2n) is 8.21. The summed E-state index contributed by atoms with van der Waals surface area (Å²) in [7, 11) is 3.22. The average Bonchev–Trinajstić information content (AvgIpc) is 3.36. The van der Waals surface area contributed by atoms with Crippen LogP contribution in [0.2, 0.25) is 0 Å². The van der Waals surface area contributed by atoms with E-state index in [-0.39, 0.29) is 5.91 Å². The van der Waals surface area contributed by atoms with Gasteiger partial charge in [-0.05, 0) is 63.0 Å². The fourth-order valence-corrected chi connectivity index (χ4v) is 4.16. The van der Waals surface area contributed by atoms with Gasteiger partial charge >= 0.3 is 0 Å². The van der Waals surface area contributed by atoms with Gasteiger partial charge in [0.1, 0.15) is 0 Å². The Kier molecular flexibility index (Phi) is 11.0. The number of ether oxygens (including phenoxy) is 2.